The SMILES string of the molecule is C=CCCOc1c(CNCCC)cc(Cl)cc1OC. The molecule has 1 aromatic carbocycles. The first-order valence-electron chi connectivity index (χ1n) is 6.53. The second kappa shape index (κ2) is 8.83. The molecule has 0 fully saturated rings. The third-order valence-electron chi connectivity index (χ3n) is 2.63. The topological polar surface area (TPSA) is 30.5 Å². The van der Waals surface area contributed by atoms with Crippen molar-refractivity contribution in [2.75, 3.05) is 20.3 Å². The van der Waals surface area contributed by atoms with Gasteiger partial charge in [0.15, 0.2) is 11.5 Å². The largest absolute Gasteiger partial charge is 0.493 e. The second-order valence-corrected chi connectivity index (χ2v) is 4.64. The summed E-state index contributed by atoms with van der Waals surface area (Å²) in [6, 6.07) is 3.68. The van der Waals surface area contributed by atoms with Crippen molar-refractivity contribution in [3.05, 3.63) is 35.4 Å². The van der Waals surface area contributed by atoms with E-state index in [1.165, 1.54) is 0 Å². The number of hydrogen-bond acceptors (Lipinski definition) is 3. The van der Waals surface area contributed by atoms with Crippen LogP contribution >= 0.6 is 11.6 Å². The molecule has 0 aliphatic rings. The minimum absolute atomic E-state index is 0.586. The van der Waals surface area contributed by atoms with E-state index in [2.05, 4.69) is 18.8 Å². The zero-order valence-electron chi connectivity index (χ0n) is 11.7. The molecule has 0 radical (unpaired) electrons. The van der Waals surface area contributed by atoms with Crippen LogP contribution in [0.2, 0.25) is 5.02 Å². The van der Waals surface area contributed by atoms with Gasteiger partial charge in [0.1, 0.15) is 0 Å². The van der Waals surface area contributed by atoms with Gasteiger partial charge >= 0.3 is 0 Å². The van der Waals surface area contributed by atoms with Crippen LogP contribution in [-0.4, -0.2) is 20.3 Å². The summed E-state index contributed by atoms with van der Waals surface area (Å²) in [5, 5.41) is 4.00. The minimum Gasteiger partial charge on any atom is -0.493 e. The van der Waals surface area contributed by atoms with Gasteiger partial charge in [-0.25, -0.2) is 0 Å². The Morgan fingerprint density at radius 2 is 2.21 bits per heavy atom. The summed E-state index contributed by atoms with van der Waals surface area (Å²) < 4.78 is 11.1. The van der Waals surface area contributed by atoms with E-state index < -0.39 is 0 Å². The molecule has 0 spiro atoms. The predicted octanol–water partition coefficient (Wildman–Crippen LogP) is 3.80. The lowest BCUT2D eigenvalue weighted by Crippen LogP contribution is -2.15. The summed E-state index contributed by atoms with van der Waals surface area (Å²) in [5.41, 5.74) is 1.02. The number of benzene rings is 1. The molecule has 0 atom stereocenters. The smallest absolute Gasteiger partial charge is 0.165 e. The van der Waals surface area contributed by atoms with Crippen LogP contribution in [0, 0.1) is 0 Å². The maximum atomic E-state index is 6.10. The Hall–Kier alpha value is -1.19. The molecule has 0 saturated heterocycles. The highest BCUT2D eigenvalue weighted by Gasteiger charge is 2.12. The van der Waals surface area contributed by atoms with E-state index in [0.717, 1.165) is 30.7 Å². The fourth-order valence-corrected chi connectivity index (χ4v) is 1.94. The standard InChI is InChI=1S/C15H22ClNO2/c1-4-6-8-19-15-12(11-17-7-5-2)9-13(16)10-14(15)18-3/h4,9-10,17H,1,5-8,11H2,2-3H3. The molecule has 1 rings (SSSR count). The van der Waals surface area contributed by atoms with Gasteiger partial charge in [-0.15, -0.1) is 6.58 Å². The molecular weight excluding hydrogens is 262 g/mol. The summed E-state index contributed by atoms with van der Waals surface area (Å²) in [6.45, 7) is 8.08. The Balaban J connectivity index is 2.89. The van der Waals surface area contributed by atoms with Gasteiger partial charge in [-0.2, -0.15) is 0 Å². The molecule has 0 aromatic heterocycles. The quantitative estimate of drug-likeness (QED) is 0.552. The molecule has 0 heterocycles. The van der Waals surface area contributed by atoms with E-state index >= 15 is 0 Å². The normalized spacial score (nSPS) is 10.3. The fraction of sp³-hybridized carbons (Fsp3) is 0.467. The maximum Gasteiger partial charge on any atom is 0.165 e. The summed E-state index contributed by atoms with van der Waals surface area (Å²) in [5.74, 6) is 1.43. The second-order valence-electron chi connectivity index (χ2n) is 4.20. The monoisotopic (exact) mass is 283 g/mol. The highest BCUT2D eigenvalue weighted by atomic mass is 35.5. The molecule has 0 unspecified atom stereocenters. The average molecular weight is 284 g/mol. The molecule has 3 nitrogen and oxygen atoms in total. The zero-order chi connectivity index (χ0) is 14.1. The van der Waals surface area contributed by atoms with Gasteiger partial charge < -0.3 is 14.8 Å². The molecule has 1 N–H and O–H groups in total. The molecule has 0 amide bonds. The van der Waals surface area contributed by atoms with Crippen molar-refractivity contribution in [3.63, 3.8) is 0 Å². The van der Waals surface area contributed by atoms with Crippen LogP contribution in [0.3, 0.4) is 0 Å². The third-order valence-corrected chi connectivity index (χ3v) is 2.85. The Morgan fingerprint density at radius 3 is 2.84 bits per heavy atom. The van der Waals surface area contributed by atoms with Crippen molar-refractivity contribution in [3.8, 4) is 11.5 Å². The van der Waals surface area contributed by atoms with Crippen LogP contribution in [0.4, 0.5) is 0 Å². The van der Waals surface area contributed by atoms with Gasteiger partial charge in [0.2, 0.25) is 0 Å². The van der Waals surface area contributed by atoms with Crippen molar-refractivity contribution in [2.24, 2.45) is 0 Å². The van der Waals surface area contributed by atoms with Gasteiger partial charge in [0.05, 0.1) is 13.7 Å². The summed E-state index contributed by atoms with van der Waals surface area (Å²) in [7, 11) is 1.62. The predicted molar refractivity (Wildman–Crippen MR) is 80.3 cm³/mol. The first kappa shape index (κ1) is 15.9. The van der Waals surface area contributed by atoms with Gasteiger partial charge in [0.25, 0.3) is 0 Å². The van der Waals surface area contributed by atoms with E-state index in [9.17, 15) is 0 Å². The van der Waals surface area contributed by atoms with Crippen LogP contribution < -0.4 is 14.8 Å². The number of hydrogen-bond donors (Lipinski definition) is 1. The average Bonchev–Trinajstić information content (AvgIpc) is 2.41. The Morgan fingerprint density at radius 1 is 1.42 bits per heavy atom. The number of ether oxygens (including phenoxy) is 2. The molecule has 1 aromatic rings. The number of rotatable bonds is 9. The summed E-state index contributed by atoms with van der Waals surface area (Å²) in [4.78, 5) is 0. The van der Waals surface area contributed by atoms with Crippen LogP contribution in [0.1, 0.15) is 25.3 Å². The van der Waals surface area contributed by atoms with E-state index in [1.807, 2.05) is 12.1 Å². The molecule has 106 valence electrons. The Labute approximate surface area is 120 Å². The van der Waals surface area contributed by atoms with Gasteiger partial charge in [-0.1, -0.05) is 24.6 Å². The fourth-order valence-electron chi connectivity index (χ4n) is 1.71. The summed E-state index contributed by atoms with van der Waals surface area (Å²) >= 11 is 6.10. The first-order chi connectivity index (χ1) is 9.22. The molecule has 19 heavy (non-hydrogen) atoms. The van der Waals surface area contributed by atoms with Gasteiger partial charge in [-0.3, -0.25) is 0 Å². The van der Waals surface area contributed by atoms with E-state index in [4.69, 9.17) is 21.1 Å². The van der Waals surface area contributed by atoms with Crippen molar-refractivity contribution in [1.82, 2.24) is 5.32 Å². The maximum absolute atomic E-state index is 6.10. The summed E-state index contributed by atoms with van der Waals surface area (Å²) in [6.07, 6.45) is 3.72. The molecular formula is C15H22ClNO2. The minimum atomic E-state index is 0.586. The highest BCUT2D eigenvalue weighted by Crippen LogP contribution is 2.34. The van der Waals surface area contributed by atoms with Gasteiger partial charge in [-0.05, 0) is 25.5 Å². The van der Waals surface area contributed by atoms with Crippen molar-refractivity contribution in [2.45, 2.75) is 26.3 Å². The van der Waals surface area contributed by atoms with Crippen LogP contribution in [0.5, 0.6) is 11.5 Å². The van der Waals surface area contributed by atoms with Crippen molar-refractivity contribution >= 4 is 11.6 Å². The number of halogens is 1. The molecule has 0 aliphatic carbocycles. The van der Waals surface area contributed by atoms with E-state index in [1.54, 1.807) is 13.2 Å². The third kappa shape index (κ3) is 5.13. The van der Waals surface area contributed by atoms with Crippen LogP contribution in [-0.2, 0) is 6.54 Å². The molecule has 0 saturated carbocycles. The zero-order valence-corrected chi connectivity index (χ0v) is 12.4. The first-order valence-corrected chi connectivity index (χ1v) is 6.91. The van der Waals surface area contributed by atoms with Crippen molar-refractivity contribution < 1.29 is 9.47 Å². The van der Waals surface area contributed by atoms with E-state index in [0.29, 0.717) is 23.9 Å². The number of nitrogens with one attached hydrogen (secondary N) is 1. The lowest BCUT2D eigenvalue weighted by molar-refractivity contribution is 0.296. The lowest BCUT2D eigenvalue weighted by atomic mass is 10.1. The van der Waals surface area contributed by atoms with Crippen LogP contribution in [0.25, 0.3) is 0 Å². The van der Waals surface area contributed by atoms with Gasteiger partial charge in [0, 0.05) is 23.2 Å². The lowest BCUT2D eigenvalue weighted by Gasteiger charge is -2.16. The molecule has 4 heteroatoms. The highest BCUT2D eigenvalue weighted by molar-refractivity contribution is 6.30. The van der Waals surface area contributed by atoms with E-state index in [-0.39, 0.29) is 0 Å². The molecule has 0 aliphatic heterocycles. The van der Waals surface area contributed by atoms with Crippen LogP contribution in [0.15, 0.2) is 24.8 Å². The number of methoxy groups -OCH3 is 1. The van der Waals surface area contributed by atoms with Crippen molar-refractivity contribution in [1.29, 1.82) is 0 Å². The molecule has 0 bridgehead atoms. The Kier molecular flexibility index (Phi) is 7.38. The Bertz CT molecular complexity index is 407.